The maximum absolute atomic E-state index is 9.29. The van der Waals surface area contributed by atoms with E-state index in [4.69, 9.17) is 4.74 Å². The second-order valence-electron chi connectivity index (χ2n) is 10.1. The second-order valence-corrected chi connectivity index (χ2v) is 10.1. The maximum atomic E-state index is 9.29. The lowest BCUT2D eigenvalue weighted by atomic mass is 10.0. The lowest BCUT2D eigenvalue weighted by Gasteiger charge is -2.20. The van der Waals surface area contributed by atoms with Crippen molar-refractivity contribution in [1.82, 2.24) is 9.13 Å². The Morgan fingerprint density at radius 2 is 1.16 bits per heavy atom. The first-order valence-electron chi connectivity index (χ1n) is 13.0. The van der Waals surface area contributed by atoms with Gasteiger partial charge in [-0.25, -0.2) is 0 Å². The van der Waals surface area contributed by atoms with E-state index in [-0.39, 0.29) is 6.04 Å². The number of aryl methyl sites for hydroxylation is 3. The molecule has 0 radical (unpaired) electrons. The number of para-hydroxylation sites is 2. The molecule has 0 saturated heterocycles. The van der Waals surface area contributed by atoms with Crippen LogP contribution in [0.5, 0.6) is 0 Å². The Morgan fingerprint density at radius 3 is 1.76 bits per heavy atom. The van der Waals surface area contributed by atoms with E-state index in [9.17, 15) is 5.41 Å². The van der Waals surface area contributed by atoms with Gasteiger partial charge in [0.15, 0.2) is 0 Å². The van der Waals surface area contributed by atoms with Crippen LogP contribution in [0.3, 0.4) is 0 Å². The summed E-state index contributed by atoms with van der Waals surface area (Å²) in [7, 11) is 0. The Bertz CT molecular complexity index is 1520. The number of fused-ring (bicyclic) bond motifs is 1. The molecule has 4 nitrogen and oxygen atoms in total. The van der Waals surface area contributed by atoms with Crippen LogP contribution in [-0.2, 0) is 24.3 Å². The molecule has 1 heterocycles. The number of imidazole rings is 1. The van der Waals surface area contributed by atoms with Crippen molar-refractivity contribution in [3.8, 4) is 0 Å². The zero-order chi connectivity index (χ0) is 25.8. The molecule has 1 aromatic heterocycles. The predicted octanol–water partition coefficient (Wildman–Crippen LogP) is 6.90. The molecule has 188 valence electrons. The largest absolute Gasteiger partial charge is 0.375 e. The molecule has 0 amide bonds. The van der Waals surface area contributed by atoms with Crippen LogP contribution in [0, 0.1) is 26.2 Å². The van der Waals surface area contributed by atoms with Crippen molar-refractivity contribution >= 4 is 11.0 Å². The number of nitrogens with zero attached hydrogens (tertiary/aromatic N) is 2. The van der Waals surface area contributed by atoms with Gasteiger partial charge in [0.1, 0.15) is 0 Å². The van der Waals surface area contributed by atoms with Gasteiger partial charge in [0.25, 0.3) is 0 Å². The molecule has 0 bridgehead atoms. The molecule has 0 aliphatic rings. The lowest BCUT2D eigenvalue weighted by molar-refractivity contribution is 0.0893. The first kappa shape index (κ1) is 24.8. The van der Waals surface area contributed by atoms with Crippen molar-refractivity contribution in [2.24, 2.45) is 0 Å². The van der Waals surface area contributed by atoms with Gasteiger partial charge in [-0.15, -0.1) is 0 Å². The summed E-state index contributed by atoms with van der Waals surface area (Å²) < 4.78 is 10.6. The molecule has 1 atom stereocenters. The second kappa shape index (κ2) is 11.0. The molecule has 1 N–H and O–H groups in total. The zero-order valence-corrected chi connectivity index (χ0v) is 21.9. The Balaban J connectivity index is 1.50. The van der Waals surface area contributed by atoms with Gasteiger partial charge in [0.2, 0.25) is 5.62 Å². The number of nitrogens with one attached hydrogen (secondary N) is 1. The molecule has 37 heavy (non-hydrogen) atoms. The Kier molecular flexibility index (Phi) is 7.38. The summed E-state index contributed by atoms with van der Waals surface area (Å²) in [6.07, 6.45) is 0.795. The first-order chi connectivity index (χ1) is 18.0. The highest BCUT2D eigenvalue weighted by Crippen LogP contribution is 2.23. The topological polar surface area (TPSA) is 42.9 Å². The van der Waals surface area contributed by atoms with E-state index in [1.165, 1.54) is 27.8 Å². The van der Waals surface area contributed by atoms with E-state index >= 15 is 0 Å². The minimum Gasteiger partial charge on any atom is -0.375 e. The highest BCUT2D eigenvalue weighted by molar-refractivity contribution is 5.76. The number of ether oxygens (including phenoxy) is 1. The quantitative estimate of drug-likeness (QED) is 0.241. The fourth-order valence-corrected chi connectivity index (χ4v) is 4.88. The Labute approximate surface area is 219 Å². The van der Waals surface area contributed by atoms with Gasteiger partial charge in [-0.2, -0.15) is 0 Å². The molecule has 0 saturated carbocycles. The number of benzene rings is 4. The summed E-state index contributed by atoms with van der Waals surface area (Å²) in [5, 5.41) is 9.29. The standard InChI is InChI=1S/C33H35N3O/c1-24-8-14-27(15-9-24)20-30(23-37-22-29-18-12-26(3)13-19-29)36-32-7-5-4-6-31(32)35(33(36)34)21-28-16-10-25(2)11-17-28/h4-19,30,34H,20-23H2,1-3H3/t30-/m0/s1. The fourth-order valence-electron chi connectivity index (χ4n) is 4.88. The van der Waals surface area contributed by atoms with Gasteiger partial charge in [-0.05, 0) is 56.0 Å². The SMILES string of the molecule is Cc1ccc(COC[C@H](Cc2ccc(C)cc2)n2c(=N)n(Cc3ccc(C)cc3)c3ccccc32)cc1. The first-order valence-corrected chi connectivity index (χ1v) is 13.0. The molecule has 0 fully saturated rings. The third-order valence-corrected chi connectivity index (χ3v) is 7.03. The number of hydrogen-bond donors (Lipinski definition) is 1. The van der Waals surface area contributed by atoms with Crippen molar-refractivity contribution < 1.29 is 4.74 Å². The van der Waals surface area contributed by atoms with Crippen LogP contribution in [-0.4, -0.2) is 15.7 Å². The van der Waals surface area contributed by atoms with Crippen molar-refractivity contribution in [2.45, 2.75) is 46.4 Å². The molecule has 0 unspecified atom stereocenters. The van der Waals surface area contributed by atoms with Crippen LogP contribution in [0.25, 0.3) is 11.0 Å². The van der Waals surface area contributed by atoms with Gasteiger partial charge < -0.3 is 13.9 Å². The molecule has 4 heteroatoms. The van der Waals surface area contributed by atoms with Crippen molar-refractivity contribution in [3.63, 3.8) is 0 Å². The number of hydrogen-bond acceptors (Lipinski definition) is 2. The molecule has 0 aliphatic heterocycles. The van der Waals surface area contributed by atoms with Crippen LogP contribution in [0.4, 0.5) is 0 Å². The molecular formula is C33H35N3O. The van der Waals surface area contributed by atoms with E-state index in [1.54, 1.807) is 0 Å². The van der Waals surface area contributed by atoms with Gasteiger partial charge in [-0.1, -0.05) is 102 Å². The minimum atomic E-state index is -0.00942. The summed E-state index contributed by atoms with van der Waals surface area (Å²) in [6.45, 7) is 8.05. The number of rotatable bonds is 9. The van der Waals surface area contributed by atoms with Gasteiger partial charge in [0.05, 0.1) is 36.8 Å². The van der Waals surface area contributed by atoms with Crippen molar-refractivity contribution in [1.29, 1.82) is 5.41 Å². The maximum Gasteiger partial charge on any atom is 0.203 e. The molecular weight excluding hydrogens is 454 g/mol. The summed E-state index contributed by atoms with van der Waals surface area (Å²) in [4.78, 5) is 0. The van der Waals surface area contributed by atoms with Crippen LogP contribution in [0.15, 0.2) is 97.1 Å². The van der Waals surface area contributed by atoms with Crippen LogP contribution in [0.1, 0.15) is 39.4 Å². The van der Waals surface area contributed by atoms with Crippen molar-refractivity contribution in [3.05, 3.63) is 136 Å². The highest BCUT2D eigenvalue weighted by Gasteiger charge is 2.20. The van der Waals surface area contributed by atoms with E-state index in [0.717, 1.165) is 23.0 Å². The Morgan fingerprint density at radius 1 is 0.649 bits per heavy atom. The monoisotopic (exact) mass is 489 g/mol. The van der Waals surface area contributed by atoms with E-state index in [2.05, 4.69) is 127 Å². The van der Waals surface area contributed by atoms with Crippen LogP contribution in [0.2, 0.25) is 0 Å². The van der Waals surface area contributed by atoms with E-state index < -0.39 is 0 Å². The molecule has 4 aromatic carbocycles. The highest BCUT2D eigenvalue weighted by atomic mass is 16.5. The lowest BCUT2D eigenvalue weighted by Crippen LogP contribution is -2.31. The average molecular weight is 490 g/mol. The van der Waals surface area contributed by atoms with E-state index in [1.807, 2.05) is 0 Å². The average Bonchev–Trinajstić information content (AvgIpc) is 3.18. The molecule has 0 aliphatic carbocycles. The van der Waals surface area contributed by atoms with E-state index in [0.29, 0.717) is 25.4 Å². The smallest absolute Gasteiger partial charge is 0.203 e. The minimum absolute atomic E-state index is 0.00942. The van der Waals surface area contributed by atoms with Gasteiger partial charge >= 0.3 is 0 Å². The molecule has 0 spiro atoms. The fraction of sp³-hybridized carbons (Fsp3) is 0.242. The summed E-state index contributed by atoms with van der Waals surface area (Å²) >= 11 is 0. The predicted molar refractivity (Wildman–Crippen MR) is 151 cm³/mol. The Hall–Kier alpha value is -3.89. The van der Waals surface area contributed by atoms with Crippen LogP contribution >= 0.6 is 0 Å². The zero-order valence-electron chi connectivity index (χ0n) is 21.9. The summed E-state index contributed by atoms with van der Waals surface area (Å²) in [6, 6.07) is 34.1. The molecule has 5 aromatic rings. The van der Waals surface area contributed by atoms with Gasteiger partial charge in [0, 0.05) is 0 Å². The summed E-state index contributed by atoms with van der Waals surface area (Å²) in [5.41, 5.74) is 9.98. The van der Waals surface area contributed by atoms with Gasteiger partial charge in [-0.3, -0.25) is 5.41 Å². The normalized spacial score (nSPS) is 12.2. The number of aromatic nitrogens is 2. The molecule has 5 rings (SSSR count). The third kappa shape index (κ3) is 5.76. The van der Waals surface area contributed by atoms with Crippen LogP contribution < -0.4 is 5.62 Å². The summed E-state index contributed by atoms with van der Waals surface area (Å²) in [5.74, 6) is 0. The van der Waals surface area contributed by atoms with Crippen molar-refractivity contribution in [2.75, 3.05) is 6.61 Å². The third-order valence-electron chi connectivity index (χ3n) is 7.03.